The summed E-state index contributed by atoms with van der Waals surface area (Å²) >= 11 is 9.03. The summed E-state index contributed by atoms with van der Waals surface area (Å²) in [5.74, 6) is -0.372. The van der Waals surface area contributed by atoms with E-state index in [2.05, 4.69) is 26.2 Å². The van der Waals surface area contributed by atoms with E-state index in [0.29, 0.717) is 10.2 Å². The topological polar surface area (TPSA) is 77.2 Å². The number of aromatic nitrogens is 1. The van der Waals surface area contributed by atoms with E-state index in [9.17, 15) is 4.79 Å². The monoisotopic (exact) mass is 307 g/mol. The van der Waals surface area contributed by atoms with Gasteiger partial charge >= 0.3 is 0 Å². The van der Waals surface area contributed by atoms with Crippen molar-refractivity contribution in [3.63, 3.8) is 0 Å². The number of hydrogen-bond donors (Lipinski definition) is 2. The van der Waals surface area contributed by atoms with E-state index in [-0.39, 0.29) is 17.7 Å². The van der Waals surface area contributed by atoms with E-state index in [0.717, 1.165) is 0 Å². The highest BCUT2D eigenvalue weighted by Crippen LogP contribution is 2.22. The summed E-state index contributed by atoms with van der Waals surface area (Å²) in [7, 11) is 1.47. The minimum atomic E-state index is -0.736. The maximum absolute atomic E-state index is 11.5. The molecule has 0 aliphatic carbocycles. The normalized spacial score (nSPS) is 12.2. The Morgan fingerprint density at radius 3 is 3.12 bits per heavy atom. The molecule has 0 radical (unpaired) electrons. The van der Waals surface area contributed by atoms with Gasteiger partial charge in [0.25, 0.3) is 0 Å². The first-order valence-corrected chi connectivity index (χ1v) is 5.58. The largest absolute Gasteiger partial charge is 0.383 e. The summed E-state index contributed by atoms with van der Waals surface area (Å²) in [6.45, 7) is 0.144. The maximum Gasteiger partial charge on any atom is 0.243 e. The van der Waals surface area contributed by atoms with Gasteiger partial charge in [0, 0.05) is 17.8 Å². The lowest BCUT2D eigenvalue weighted by atomic mass is 10.3. The van der Waals surface area contributed by atoms with Gasteiger partial charge in [-0.15, -0.1) is 0 Å². The quantitative estimate of drug-likeness (QED) is 0.825. The number of nitrogens with two attached hydrogens (primary N) is 1. The molecular weight excluding hydrogens is 297 g/mol. The summed E-state index contributed by atoms with van der Waals surface area (Å²) in [4.78, 5) is 15.4. The van der Waals surface area contributed by atoms with Crippen LogP contribution >= 0.6 is 27.5 Å². The van der Waals surface area contributed by atoms with Crippen molar-refractivity contribution in [1.29, 1.82) is 0 Å². The number of amides is 1. The molecule has 1 rings (SSSR count). The molecule has 88 valence electrons. The van der Waals surface area contributed by atoms with Crippen molar-refractivity contribution in [2.75, 3.05) is 19.0 Å². The van der Waals surface area contributed by atoms with Crippen LogP contribution in [0.25, 0.3) is 0 Å². The van der Waals surface area contributed by atoms with Crippen molar-refractivity contribution >= 4 is 39.1 Å². The molecule has 1 amide bonds. The molecule has 1 heterocycles. The molecule has 1 atom stereocenters. The number of ether oxygens (including phenoxy) is 1. The third-order valence-corrected chi connectivity index (χ3v) is 2.48. The van der Waals surface area contributed by atoms with Gasteiger partial charge in [-0.05, 0) is 22.0 Å². The first kappa shape index (κ1) is 13.4. The van der Waals surface area contributed by atoms with E-state index in [4.69, 9.17) is 22.1 Å². The highest BCUT2D eigenvalue weighted by Gasteiger charge is 2.14. The Kier molecular flexibility index (Phi) is 5.14. The van der Waals surface area contributed by atoms with E-state index in [1.54, 1.807) is 6.07 Å². The molecule has 5 nitrogen and oxygen atoms in total. The van der Waals surface area contributed by atoms with Gasteiger partial charge in [-0.3, -0.25) is 4.79 Å². The predicted octanol–water partition coefficient (Wildman–Crippen LogP) is 1.41. The van der Waals surface area contributed by atoms with Crippen LogP contribution < -0.4 is 11.1 Å². The molecule has 0 bridgehead atoms. The molecule has 0 fully saturated rings. The van der Waals surface area contributed by atoms with Gasteiger partial charge in [0.2, 0.25) is 5.91 Å². The number of hydrogen-bond acceptors (Lipinski definition) is 4. The summed E-state index contributed by atoms with van der Waals surface area (Å²) < 4.78 is 5.49. The average Bonchev–Trinajstić information content (AvgIpc) is 2.23. The van der Waals surface area contributed by atoms with Crippen molar-refractivity contribution in [2.45, 2.75) is 6.04 Å². The number of carbonyl (C=O) groups excluding carboxylic acids is 1. The van der Waals surface area contributed by atoms with Crippen LogP contribution in [0.1, 0.15) is 0 Å². The second-order valence-corrected chi connectivity index (χ2v) is 4.32. The fourth-order valence-corrected chi connectivity index (χ4v) is 1.47. The minimum Gasteiger partial charge on any atom is -0.383 e. The van der Waals surface area contributed by atoms with Crippen LogP contribution in [0.2, 0.25) is 5.15 Å². The lowest BCUT2D eigenvalue weighted by Crippen LogP contribution is -2.39. The molecular formula is C9H11BrClN3O2. The van der Waals surface area contributed by atoms with Crippen LogP contribution in [0.5, 0.6) is 0 Å². The Bertz CT molecular complexity index is 389. The molecule has 3 N–H and O–H groups in total. The second-order valence-electron chi connectivity index (χ2n) is 3.04. The first-order chi connectivity index (χ1) is 7.54. The number of rotatable bonds is 4. The number of nitrogens with zero attached hydrogens (tertiary/aromatic N) is 1. The zero-order valence-corrected chi connectivity index (χ0v) is 10.9. The van der Waals surface area contributed by atoms with Gasteiger partial charge in [-0.1, -0.05) is 11.6 Å². The summed E-state index contributed by atoms with van der Waals surface area (Å²) in [6.07, 6.45) is 1.53. The number of pyridine rings is 1. The SMILES string of the molecule is COCC(N)C(=O)Nc1cc(Br)cnc1Cl. The summed E-state index contributed by atoms with van der Waals surface area (Å²) in [5.41, 5.74) is 5.96. The zero-order valence-electron chi connectivity index (χ0n) is 8.54. The van der Waals surface area contributed by atoms with Gasteiger partial charge in [-0.2, -0.15) is 0 Å². The lowest BCUT2D eigenvalue weighted by Gasteiger charge is -2.11. The van der Waals surface area contributed by atoms with Crippen molar-refractivity contribution in [3.05, 3.63) is 21.9 Å². The maximum atomic E-state index is 11.5. The van der Waals surface area contributed by atoms with Crippen LogP contribution in [0.3, 0.4) is 0 Å². The van der Waals surface area contributed by atoms with Crippen molar-refractivity contribution < 1.29 is 9.53 Å². The fraction of sp³-hybridized carbons (Fsp3) is 0.333. The van der Waals surface area contributed by atoms with Gasteiger partial charge in [0.15, 0.2) is 5.15 Å². The number of nitrogens with one attached hydrogen (secondary N) is 1. The van der Waals surface area contributed by atoms with Gasteiger partial charge in [-0.25, -0.2) is 4.98 Å². The number of anilines is 1. The Morgan fingerprint density at radius 1 is 1.81 bits per heavy atom. The van der Waals surface area contributed by atoms with E-state index >= 15 is 0 Å². The molecule has 0 saturated heterocycles. The molecule has 1 unspecified atom stereocenters. The highest BCUT2D eigenvalue weighted by molar-refractivity contribution is 9.10. The number of halogens is 2. The van der Waals surface area contributed by atoms with Crippen LogP contribution in [0, 0.1) is 0 Å². The Morgan fingerprint density at radius 2 is 2.50 bits per heavy atom. The molecule has 0 spiro atoms. The molecule has 1 aromatic rings. The number of methoxy groups -OCH3 is 1. The molecule has 7 heteroatoms. The fourth-order valence-electron chi connectivity index (χ4n) is 0.991. The van der Waals surface area contributed by atoms with Gasteiger partial charge in [0.1, 0.15) is 6.04 Å². The molecule has 0 saturated carbocycles. The average molecular weight is 309 g/mol. The van der Waals surface area contributed by atoms with Crippen molar-refractivity contribution in [3.8, 4) is 0 Å². The molecule has 0 aliphatic rings. The Hall–Kier alpha value is -0.690. The van der Waals surface area contributed by atoms with Gasteiger partial charge in [0.05, 0.1) is 12.3 Å². The zero-order chi connectivity index (χ0) is 12.1. The molecule has 1 aromatic heterocycles. The molecule has 16 heavy (non-hydrogen) atoms. The van der Waals surface area contributed by atoms with E-state index in [1.807, 2.05) is 0 Å². The van der Waals surface area contributed by atoms with Crippen molar-refractivity contribution in [2.24, 2.45) is 5.73 Å². The molecule has 0 aromatic carbocycles. The van der Waals surface area contributed by atoms with Gasteiger partial charge < -0.3 is 15.8 Å². The van der Waals surface area contributed by atoms with Crippen LogP contribution in [0.15, 0.2) is 16.7 Å². The van der Waals surface area contributed by atoms with E-state index in [1.165, 1.54) is 13.3 Å². The smallest absolute Gasteiger partial charge is 0.243 e. The van der Waals surface area contributed by atoms with Crippen molar-refractivity contribution in [1.82, 2.24) is 4.98 Å². The first-order valence-electron chi connectivity index (χ1n) is 4.41. The lowest BCUT2D eigenvalue weighted by molar-refractivity contribution is -0.118. The Labute approximate surface area is 106 Å². The van der Waals surface area contributed by atoms with Crippen LogP contribution in [0.4, 0.5) is 5.69 Å². The van der Waals surface area contributed by atoms with Crippen LogP contribution in [-0.2, 0) is 9.53 Å². The second kappa shape index (κ2) is 6.15. The standard InChI is InChI=1S/C9H11BrClN3O2/c1-16-4-6(12)9(15)14-7-2-5(10)3-13-8(7)11/h2-3,6H,4,12H2,1H3,(H,14,15). The summed E-state index contributed by atoms with van der Waals surface area (Å²) in [5, 5.41) is 2.78. The molecule has 0 aliphatic heterocycles. The minimum absolute atomic E-state index is 0.144. The predicted molar refractivity (Wildman–Crippen MR) is 65.4 cm³/mol. The number of carbonyl (C=O) groups is 1. The third kappa shape index (κ3) is 3.71. The Balaban J connectivity index is 2.72. The third-order valence-electron chi connectivity index (χ3n) is 1.75. The van der Waals surface area contributed by atoms with E-state index < -0.39 is 6.04 Å². The summed E-state index contributed by atoms with van der Waals surface area (Å²) in [6, 6.07) is 0.910. The van der Waals surface area contributed by atoms with Crippen LogP contribution in [-0.4, -0.2) is 30.6 Å². The highest BCUT2D eigenvalue weighted by atomic mass is 79.9.